The number of fused-ring (bicyclic) bond motifs is 1. The van der Waals surface area contributed by atoms with Crippen LogP contribution in [0, 0.1) is 17.7 Å². The summed E-state index contributed by atoms with van der Waals surface area (Å²) >= 11 is 0. The van der Waals surface area contributed by atoms with Crippen molar-refractivity contribution in [2.45, 2.75) is 51.6 Å². The molecule has 1 N–H and O–H groups in total. The molecule has 1 heterocycles. The highest BCUT2D eigenvalue weighted by molar-refractivity contribution is 5.94. The highest BCUT2D eigenvalue weighted by Crippen LogP contribution is 2.48. The number of aromatic hydroxyl groups is 1. The number of methoxy groups -OCH3 is 1. The summed E-state index contributed by atoms with van der Waals surface area (Å²) in [6.07, 6.45) is 5.41. The lowest BCUT2D eigenvalue weighted by Crippen LogP contribution is -2.44. The largest absolute Gasteiger partial charge is 0.504 e. The van der Waals surface area contributed by atoms with Crippen LogP contribution in [0.2, 0.25) is 0 Å². The Bertz CT molecular complexity index is 727. The lowest BCUT2D eigenvalue weighted by molar-refractivity contribution is -0.123. The van der Waals surface area contributed by atoms with Gasteiger partial charge in [-0.3, -0.25) is 4.79 Å². The minimum atomic E-state index is -0.504. The van der Waals surface area contributed by atoms with E-state index in [-0.39, 0.29) is 29.1 Å². The van der Waals surface area contributed by atoms with Crippen LogP contribution in [-0.4, -0.2) is 30.2 Å². The number of hydrogen-bond donors (Lipinski definition) is 1. The van der Waals surface area contributed by atoms with E-state index >= 15 is 0 Å². The number of hydrogen-bond acceptors (Lipinski definition) is 4. The Morgan fingerprint density at radius 3 is 2.92 bits per heavy atom. The van der Waals surface area contributed by atoms with Crippen LogP contribution >= 0.6 is 0 Å². The first-order chi connectivity index (χ1) is 12.4. The summed E-state index contributed by atoms with van der Waals surface area (Å²) in [5.74, 6) is -0.184. The van der Waals surface area contributed by atoms with E-state index in [9.17, 15) is 14.3 Å². The normalized spacial score (nSPS) is 26.4. The van der Waals surface area contributed by atoms with E-state index in [4.69, 9.17) is 9.47 Å². The van der Waals surface area contributed by atoms with Crippen LogP contribution in [0.25, 0.3) is 0 Å². The number of phenols is 1. The molecule has 0 bridgehead atoms. The Kier molecular flexibility index (Phi) is 5.37. The van der Waals surface area contributed by atoms with Crippen LogP contribution < -0.4 is 4.74 Å². The van der Waals surface area contributed by atoms with Crippen molar-refractivity contribution in [3.05, 3.63) is 35.2 Å². The molecule has 1 saturated heterocycles. The van der Waals surface area contributed by atoms with Crippen LogP contribution in [0.1, 0.15) is 45.1 Å². The minimum Gasteiger partial charge on any atom is -0.504 e. The minimum absolute atomic E-state index is 0.00833. The van der Waals surface area contributed by atoms with Gasteiger partial charge < -0.3 is 14.6 Å². The van der Waals surface area contributed by atoms with Crippen LogP contribution in [0.4, 0.5) is 4.39 Å². The van der Waals surface area contributed by atoms with Crippen molar-refractivity contribution in [2.75, 3.05) is 13.7 Å². The van der Waals surface area contributed by atoms with Crippen molar-refractivity contribution >= 4 is 5.78 Å². The second-order valence-corrected chi connectivity index (χ2v) is 7.47. The molecule has 4 nitrogen and oxygen atoms in total. The van der Waals surface area contributed by atoms with E-state index in [1.807, 2.05) is 6.92 Å². The number of halogens is 1. The Balaban J connectivity index is 1.88. The zero-order valence-electron chi connectivity index (χ0n) is 15.7. The van der Waals surface area contributed by atoms with Crippen LogP contribution in [0.5, 0.6) is 11.5 Å². The van der Waals surface area contributed by atoms with Crippen LogP contribution in [0.15, 0.2) is 23.8 Å². The first kappa shape index (κ1) is 18.9. The van der Waals surface area contributed by atoms with Crippen molar-refractivity contribution < 1.29 is 23.8 Å². The van der Waals surface area contributed by atoms with Crippen LogP contribution in [0.3, 0.4) is 0 Å². The number of rotatable bonds is 6. The number of benzene rings is 1. The molecule has 5 heteroatoms. The van der Waals surface area contributed by atoms with Gasteiger partial charge in [0.1, 0.15) is 5.82 Å². The molecule has 3 rings (SSSR count). The third-order valence-electron chi connectivity index (χ3n) is 5.85. The van der Waals surface area contributed by atoms with Crippen molar-refractivity contribution in [1.29, 1.82) is 0 Å². The zero-order chi connectivity index (χ0) is 18.9. The third-order valence-corrected chi connectivity index (χ3v) is 5.85. The smallest absolute Gasteiger partial charge is 0.163 e. The zero-order valence-corrected chi connectivity index (χ0v) is 15.7. The maximum Gasteiger partial charge on any atom is 0.163 e. The fraction of sp³-hybridized carbons (Fsp3) is 0.571. The number of ketones is 1. The Labute approximate surface area is 154 Å². The van der Waals surface area contributed by atoms with Gasteiger partial charge in [-0.15, -0.1) is 0 Å². The molecule has 1 aliphatic carbocycles. The SMILES string of the molecule is CCC[C@H]1C[C@]2([C@H](C)Cc3cc(O)c(OC)cc3F)OCCC2=CC1=O. The fourth-order valence-electron chi connectivity index (χ4n) is 4.44. The molecule has 0 aromatic heterocycles. The summed E-state index contributed by atoms with van der Waals surface area (Å²) < 4.78 is 25.6. The molecule has 3 atom stereocenters. The van der Waals surface area contributed by atoms with Crippen molar-refractivity contribution in [2.24, 2.45) is 11.8 Å². The van der Waals surface area contributed by atoms with Gasteiger partial charge in [-0.1, -0.05) is 20.3 Å². The molecule has 1 aliphatic heterocycles. The van der Waals surface area contributed by atoms with E-state index in [0.29, 0.717) is 25.0 Å². The van der Waals surface area contributed by atoms with E-state index in [1.54, 1.807) is 6.08 Å². The Morgan fingerprint density at radius 2 is 2.23 bits per heavy atom. The Morgan fingerprint density at radius 1 is 1.46 bits per heavy atom. The van der Waals surface area contributed by atoms with Gasteiger partial charge in [-0.05, 0) is 54.9 Å². The van der Waals surface area contributed by atoms with Crippen molar-refractivity contribution in [3.63, 3.8) is 0 Å². The maximum absolute atomic E-state index is 14.4. The standard InChI is InChI=1S/C21H27FO4/c1-4-5-14-12-21(16(6-7-26-21)10-18(14)23)13(2)8-15-9-19(24)20(25-3)11-17(15)22/h9-11,13-14,24H,4-8,12H2,1-3H3/t13-,14+,21-/m1/s1. The summed E-state index contributed by atoms with van der Waals surface area (Å²) in [6, 6.07) is 2.64. The highest BCUT2D eigenvalue weighted by atomic mass is 19.1. The molecule has 2 aliphatic rings. The second kappa shape index (κ2) is 7.39. The molecule has 0 saturated carbocycles. The van der Waals surface area contributed by atoms with Gasteiger partial charge in [-0.25, -0.2) is 4.39 Å². The fourth-order valence-corrected chi connectivity index (χ4v) is 4.44. The van der Waals surface area contributed by atoms with Gasteiger partial charge in [-0.2, -0.15) is 0 Å². The number of carbonyl (C=O) groups excluding carboxylic acids is 1. The summed E-state index contributed by atoms with van der Waals surface area (Å²) in [4.78, 5) is 12.4. The van der Waals surface area contributed by atoms with Crippen molar-refractivity contribution in [3.8, 4) is 11.5 Å². The van der Waals surface area contributed by atoms with Gasteiger partial charge in [0.25, 0.3) is 0 Å². The molecule has 0 spiro atoms. The average Bonchev–Trinajstić information content (AvgIpc) is 3.02. The number of allylic oxidation sites excluding steroid dienone is 1. The number of phenolic OH excluding ortho intramolecular Hbond substituents is 1. The predicted octanol–water partition coefficient (Wildman–Crippen LogP) is 4.19. The monoisotopic (exact) mass is 362 g/mol. The predicted molar refractivity (Wildman–Crippen MR) is 96.9 cm³/mol. The first-order valence-electron chi connectivity index (χ1n) is 9.35. The summed E-state index contributed by atoms with van der Waals surface area (Å²) in [5, 5.41) is 9.99. The number of ether oxygens (including phenoxy) is 2. The summed E-state index contributed by atoms with van der Waals surface area (Å²) in [7, 11) is 1.39. The number of carbonyl (C=O) groups is 1. The van der Waals surface area contributed by atoms with E-state index < -0.39 is 11.4 Å². The van der Waals surface area contributed by atoms with Gasteiger partial charge in [0.15, 0.2) is 17.3 Å². The maximum atomic E-state index is 14.4. The molecule has 0 amide bonds. The topological polar surface area (TPSA) is 55.8 Å². The lowest BCUT2D eigenvalue weighted by Gasteiger charge is -2.41. The molecule has 1 aromatic carbocycles. The Hall–Kier alpha value is -1.88. The third kappa shape index (κ3) is 3.25. The van der Waals surface area contributed by atoms with E-state index in [1.165, 1.54) is 19.2 Å². The van der Waals surface area contributed by atoms with Gasteiger partial charge in [0, 0.05) is 12.0 Å². The van der Waals surface area contributed by atoms with Gasteiger partial charge in [0.2, 0.25) is 0 Å². The highest BCUT2D eigenvalue weighted by Gasteiger charge is 2.49. The van der Waals surface area contributed by atoms with Gasteiger partial charge >= 0.3 is 0 Å². The molecular weight excluding hydrogens is 335 g/mol. The quantitative estimate of drug-likeness (QED) is 0.824. The molecule has 1 fully saturated rings. The summed E-state index contributed by atoms with van der Waals surface area (Å²) in [5.41, 5.74) is 0.972. The first-order valence-corrected chi connectivity index (χ1v) is 9.35. The molecule has 0 unspecified atom stereocenters. The second-order valence-electron chi connectivity index (χ2n) is 7.47. The van der Waals surface area contributed by atoms with Gasteiger partial charge in [0.05, 0.1) is 19.3 Å². The molecule has 1 aromatic rings. The summed E-state index contributed by atoms with van der Waals surface area (Å²) in [6.45, 7) is 4.71. The average molecular weight is 362 g/mol. The van der Waals surface area contributed by atoms with Crippen LogP contribution in [-0.2, 0) is 16.0 Å². The molecular formula is C21H27FO4. The molecule has 0 radical (unpaired) electrons. The van der Waals surface area contributed by atoms with Crippen molar-refractivity contribution in [1.82, 2.24) is 0 Å². The van der Waals surface area contributed by atoms with E-state index in [2.05, 4.69) is 6.92 Å². The lowest BCUT2D eigenvalue weighted by atomic mass is 9.68. The molecule has 26 heavy (non-hydrogen) atoms. The van der Waals surface area contributed by atoms with E-state index in [0.717, 1.165) is 24.8 Å². The molecule has 142 valence electrons.